The van der Waals surface area contributed by atoms with Gasteiger partial charge in [0.05, 0.1) is 12.1 Å². The van der Waals surface area contributed by atoms with Crippen molar-refractivity contribution in [2.75, 3.05) is 6.54 Å². The van der Waals surface area contributed by atoms with Gasteiger partial charge in [-0.2, -0.15) is 0 Å². The van der Waals surface area contributed by atoms with Crippen molar-refractivity contribution in [2.45, 2.75) is 70.4 Å². The number of aliphatic hydroxyl groups excluding tert-OH is 1. The number of aliphatic hydroxyl groups is 1. The minimum Gasteiger partial charge on any atom is -0.508 e. The van der Waals surface area contributed by atoms with Gasteiger partial charge in [0, 0.05) is 19.4 Å². The molecule has 0 unspecified atom stereocenters. The molecule has 3 N–H and O–H groups in total. The van der Waals surface area contributed by atoms with Crippen LogP contribution in [0.15, 0.2) is 54.6 Å². The molecule has 0 spiro atoms. The van der Waals surface area contributed by atoms with Crippen LogP contribution in [0.2, 0.25) is 0 Å². The van der Waals surface area contributed by atoms with E-state index in [1.807, 2.05) is 48.2 Å². The number of carbonyl (C=O) groups excluding carboxylic acids is 1. The van der Waals surface area contributed by atoms with Gasteiger partial charge in [0.15, 0.2) is 0 Å². The second-order valence-corrected chi connectivity index (χ2v) is 9.06. The van der Waals surface area contributed by atoms with E-state index >= 15 is 0 Å². The van der Waals surface area contributed by atoms with Gasteiger partial charge < -0.3 is 20.2 Å². The molecular weight excluding hydrogens is 430 g/mol. The molecule has 1 fully saturated rings. The van der Waals surface area contributed by atoms with Gasteiger partial charge in [-0.25, -0.2) is 0 Å². The summed E-state index contributed by atoms with van der Waals surface area (Å²) in [6, 6.07) is 13.0. The molecule has 182 valence electrons. The summed E-state index contributed by atoms with van der Waals surface area (Å²) in [4.78, 5) is 25.0. The Morgan fingerprint density at radius 1 is 1.15 bits per heavy atom. The third-order valence-electron chi connectivity index (χ3n) is 6.42. The lowest BCUT2D eigenvalue weighted by atomic mass is 9.96. The summed E-state index contributed by atoms with van der Waals surface area (Å²) in [5.74, 6) is -0.392. The summed E-state index contributed by atoms with van der Waals surface area (Å²) in [5, 5.41) is 29.2. The fourth-order valence-corrected chi connectivity index (χ4v) is 4.56. The van der Waals surface area contributed by atoms with Crippen LogP contribution < -0.4 is 0 Å². The standard InChI is InChI=1S/C28H35NO5/c1-20-18-24(30)14-15-25(20)21-8-6-9-22(19-21)26(31)16-13-23-10-7-11-27(32)29(23)17-5-3-2-4-12-28(33)34/h6,8-9,13-16,18-19,23,26,30-31H,2-5,7,10-12,17H2,1H3,(H,33,34)/t23-,26-/m1/s1. The molecule has 6 heteroatoms. The first kappa shape index (κ1) is 25.5. The predicted octanol–water partition coefficient (Wildman–Crippen LogP) is 5.37. The van der Waals surface area contributed by atoms with Crippen LogP contribution in [-0.4, -0.2) is 44.7 Å². The number of carbonyl (C=O) groups is 2. The van der Waals surface area contributed by atoms with E-state index in [9.17, 15) is 19.8 Å². The van der Waals surface area contributed by atoms with Crippen LogP contribution in [-0.2, 0) is 9.59 Å². The SMILES string of the molecule is Cc1cc(O)ccc1-c1cccc([C@H](O)C=C[C@H]2CCCC(=O)N2CCCCCCC(=O)O)c1. The highest BCUT2D eigenvalue weighted by Gasteiger charge is 2.25. The van der Waals surface area contributed by atoms with Gasteiger partial charge in [0.2, 0.25) is 5.91 Å². The number of rotatable bonds is 11. The van der Waals surface area contributed by atoms with Gasteiger partial charge in [0.25, 0.3) is 0 Å². The van der Waals surface area contributed by atoms with Crippen molar-refractivity contribution in [3.05, 3.63) is 65.7 Å². The lowest BCUT2D eigenvalue weighted by molar-refractivity contribution is -0.137. The zero-order valence-electron chi connectivity index (χ0n) is 19.8. The summed E-state index contributed by atoms with van der Waals surface area (Å²) in [7, 11) is 0. The maximum absolute atomic E-state index is 12.5. The highest BCUT2D eigenvalue weighted by atomic mass is 16.4. The molecule has 2 aromatic carbocycles. The first-order valence-electron chi connectivity index (χ1n) is 12.1. The Bertz CT molecular complexity index is 1020. The van der Waals surface area contributed by atoms with Gasteiger partial charge in [-0.3, -0.25) is 9.59 Å². The van der Waals surface area contributed by atoms with Crippen molar-refractivity contribution in [1.82, 2.24) is 4.90 Å². The Balaban J connectivity index is 1.62. The Labute approximate surface area is 201 Å². The summed E-state index contributed by atoms with van der Waals surface area (Å²) in [5.41, 5.74) is 3.71. The maximum Gasteiger partial charge on any atom is 0.303 e. The molecule has 1 aliphatic heterocycles. The molecular formula is C28H35NO5. The number of hydrogen-bond acceptors (Lipinski definition) is 4. The zero-order chi connectivity index (χ0) is 24.5. The number of likely N-dealkylation sites (tertiary alicyclic amines) is 1. The zero-order valence-corrected chi connectivity index (χ0v) is 19.8. The average molecular weight is 466 g/mol. The van der Waals surface area contributed by atoms with Crippen molar-refractivity contribution < 1.29 is 24.9 Å². The summed E-state index contributed by atoms with van der Waals surface area (Å²) in [6.45, 7) is 2.60. The second kappa shape index (κ2) is 12.4. The number of aryl methyl sites for hydroxylation is 1. The highest BCUT2D eigenvalue weighted by molar-refractivity contribution is 5.77. The average Bonchev–Trinajstić information content (AvgIpc) is 2.80. The van der Waals surface area contributed by atoms with Crippen LogP contribution in [0.5, 0.6) is 5.75 Å². The number of phenolic OH excluding ortho intramolecular Hbond substituents is 1. The van der Waals surface area contributed by atoms with Crippen molar-refractivity contribution in [3.63, 3.8) is 0 Å². The minimum atomic E-state index is -0.785. The van der Waals surface area contributed by atoms with Gasteiger partial charge in [0.1, 0.15) is 5.75 Å². The number of carboxylic acid groups (broad SMARTS) is 1. The van der Waals surface area contributed by atoms with Crippen molar-refractivity contribution in [3.8, 4) is 16.9 Å². The number of phenols is 1. The van der Waals surface area contributed by atoms with Crippen LogP contribution in [0.25, 0.3) is 11.1 Å². The monoisotopic (exact) mass is 465 g/mol. The molecule has 1 heterocycles. The minimum absolute atomic E-state index is 0.0301. The predicted molar refractivity (Wildman–Crippen MR) is 132 cm³/mol. The molecule has 0 aliphatic carbocycles. The van der Waals surface area contributed by atoms with Crippen molar-refractivity contribution in [2.24, 2.45) is 0 Å². The number of aromatic hydroxyl groups is 1. The first-order chi connectivity index (χ1) is 16.3. The van der Waals surface area contributed by atoms with E-state index in [1.54, 1.807) is 18.2 Å². The Hall–Kier alpha value is -3.12. The van der Waals surface area contributed by atoms with Crippen LogP contribution in [0.3, 0.4) is 0 Å². The number of carboxylic acids is 1. The molecule has 0 radical (unpaired) electrons. The third kappa shape index (κ3) is 7.19. The number of nitrogens with zero attached hydrogens (tertiary/aromatic N) is 1. The Morgan fingerprint density at radius 2 is 1.94 bits per heavy atom. The molecule has 2 atom stereocenters. The fourth-order valence-electron chi connectivity index (χ4n) is 4.56. The Kier molecular flexibility index (Phi) is 9.28. The summed E-state index contributed by atoms with van der Waals surface area (Å²) in [6.07, 6.45) is 8.68. The largest absolute Gasteiger partial charge is 0.508 e. The van der Waals surface area contributed by atoms with E-state index in [4.69, 9.17) is 5.11 Å². The van der Waals surface area contributed by atoms with Crippen LogP contribution in [0.4, 0.5) is 0 Å². The number of hydrogen-bond donors (Lipinski definition) is 3. The van der Waals surface area contributed by atoms with Crippen LogP contribution in [0, 0.1) is 6.92 Å². The molecule has 0 saturated carbocycles. The van der Waals surface area contributed by atoms with E-state index in [1.165, 1.54) is 0 Å². The number of unbranched alkanes of at least 4 members (excludes halogenated alkanes) is 3. The molecule has 3 rings (SSSR count). The lowest BCUT2D eigenvalue weighted by Gasteiger charge is -2.34. The highest BCUT2D eigenvalue weighted by Crippen LogP contribution is 2.29. The molecule has 1 aliphatic rings. The van der Waals surface area contributed by atoms with Crippen molar-refractivity contribution in [1.29, 1.82) is 0 Å². The van der Waals surface area contributed by atoms with E-state index in [-0.39, 0.29) is 24.1 Å². The van der Waals surface area contributed by atoms with Gasteiger partial charge in [-0.1, -0.05) is 49.3 Å². The second-order valence-electron chi connectivity index (χ2n) is 9.06. The first-order valence-corrected chi connectivity index (χ1v) is 12.1. The van der Waals surface area contributed by atoms with Gasteiger partial charge >= 0.3 is 5.97 Å². The van der Waals surface area contributed by atoms with E-state index in [0.717, 1.165) is 54.4 Å². The molecule has 2 aromatic rings. The molecule has 0 aromatic heterocycles. The smallest absolute Gasteiger partial charge is 0.303 e. The van der Waals surface area contributed by atoms with Crippen LogP contribution in [0.1, 0.15) is 68.6 Å². The Morgan fingerprint density at radius 3 is 2.71 bits per heavy atom. The van der Waals surface area contributed by atoms with Gasteiger partial charge in [-0.05, 0) is 73.1 Å². The van der Waals surface area contributed by atoms with Crippen LogP contribution >= 0.6 is 0 Å². The van der Waals surface area contributed by atoms with Gasteiger partial charge in [-0.15, -0.1) is 0 Å². The molecule has 0 bridgehead atoms. The molecule has 6 nitrogen and oxygen atoms in total. The van der Waals surface area contributed by atoms with E-state index in [0.29, 0.717) is 19.4 Å². The molecule has 1 saturated heterocycles. The summed E-state index contributed by atoms with van der Waals surface area (Å²) >= 11 is 0. The maximum atomic E-state index is 12.5. The topological polar surface area (TPSA) is 98.1 Å². The normalized spacial score (nSPS) is 17.3. The number of aliphatic carboxylic acids is 1. The van der Waals surface area contributed by atoms with Crippen molar-refractivity contribution >= 4 is 11.9 Å². The molecule has 34 heavy (non-hydrogen) atoms. The number of amides is 1. The fraction of sp³-hybridized carbons (Fsp3) is 0.429. The third-order valence-corrected chi connectivity index (χ3v) is 6.42. The van der Waals surface area contributed by atoms with E-state index in [2.05, 4.69) is 0 Å². The lowest BCUT2D eigenvalue weighted by Crippen LogP contribution is -2.43. The number of benzene rings is 2. The summed E-state index contributed by atoms with van der Waals surface area (Å²) < 4.78 is 0. The molecule has 1 amide bonds. The van der Waals surface area contributed by atoms with E-state index < -0.39 is 12.1 Å². The quantitative estimate of drug-likeness (QED) is 0.306. The number of piperidine rings is 1.